The number of benzene rings is 1. The summed E-state index contributed by atoms with van der Waals surface area (Å²) in [6.45, 7) is 5.46. The summed E-state index contributed by atoms with van der Waals surface area (Å²) in [6.07, 6.45) is 1.68. The number of hydrogen-bond acceptors (Lipinski definition) is 4. The fourth-order valence-electron chi connectivity index (χ4n) is 4.39. The van der Waals surface area contributed by atoms with Crippen molar-refractivity contribution in [2.45, 2.75) is 25.3 Å². The third kappa shape index (κ3) is 5.02. The molecule has 1 aromatic rings. The molecular formula is C21H32N4O3. The van der Waals surface area contributed by atoms with Crippen LogP contribution in [0.5, 0.6) is 0 Å². The van der Waals surface area contributed by atoms with Crippen molar-refractivity contribution >= 4 is 17.7 Å². The quantitative estimate of drug-likeness (QED) is 0.836. The maximum Gasteiger partial charge on any atom is 0.324 e. The van der Waals surface area contributed by atoms with Gasteiger partial charge in [-0.15, -0.1) is 0 Å². The summed E-state index contributed by atoms with van der Waals surface area (Å²) < 4.78 is 0. The minimum absolute atomic E-state index is 0.0108. The van der Waals surface area contributed by atoms with Crippen LogP contribution in [0.2, 0.25) is 0 Å². The highest BCUT2D eigenvalue weighted by atomic mass is 16.4. The molecule has 0 aromatic heterocycles. The molecule has 0 bridgehead atoms. The predicted octanol–water partition coefficient (Wildman–Crippen LogP) is 2.05. The van der Waals surface area contributed by atoms with Gasteiger partial charge in [0.1, 0.15) is 0 Å². The third-order valence-electron chi connectivity index (χ3n) is 6.13. The van der Waals surface area contributed by atoms with Gasteiger partial charge in [-0.25, -0.2) is 4.79 Å². The molecule has 7 nitrogen and oxygen atoms in total. The summed E-state index contributed by atoms with van der Waals surface area (Å²) in [5.74, 6) is -0.566. The molecule has 2 atom stereocenters. The normalized spacial score (nSPS) is 24.1. The number of likely N-dealkylation sites (N-methyl/N-ethyl adjacent to an activating group) is 1. The highest BCUT2D eigenvalue weighted by Gasteiger charge is 2.36. The molecule has 2 saturated heterocycles. The monoisotopic (exact) mass is 388 g/mol. The number of likely N-dealkylation sites (tertiary alicyclic amines) is 1. The lowest BCUT2D eigenvalue weighted by molar-refractivity contribution is -0.137. The molecule has 28 heavy (non-hydrogen) atoms. The van der Waals surface area contributed by atoms with E-state index in [4.69, 9.17) is 0 Å². The van der Waals surface area contributed by atoms with Gasteiger partial charge in [-0.2, -0.15) is 0 Å². The molecule has 2 aliphatic heterocycles. The maximum absolute atomic E-state index is 13.0. The number of carboxylic acids is 1. The van der Waals surface area contributed by atoms with Crippen LogP contribution >= 0.6 is 0 Å². The molecule has 1 N–H and O–H groups in total. The number of piperidine rings is 1. The SMILES string of the molecule is CN1CCN([C@@H]2CCN(C(=O)N(C)c3ccccc3)C[C@@H]2CCC(=O)O)CC1. The molecule has 0 spiro atoms. The molecule has 0 saturated carbocycles. The number of carbonyl (C=O) groups is 2. The number of urea groups is 1. The number of carbonyl (C=O) groups excluding carboxylic acids is 1. The molecule has 2 amide bonds. The average Bonchev–Trinajstić information content (AvgIpc) is 2.72. The molecule has 0 aliphatic carbocycles. The van der Waals surface area contributed by atoms with E-state index in [9.17, 15) is 14.7 Å². The van der Waals surface area contributed by atoms with Crippen LogP contribution in [0.1, 0.15) is 19.3 Å². The highest BCUT2D eigenvalue weighted by Crippen LogP contribution is 2.28. The molecule has 2 fully saturated rings. The Morgan fingerprint density at radius 3 is 2.43 bits per heavy atom. The number of amides is 2. The zero-order valence-corrected chi connectivity index (χ0v) is 17.0. The molecule has 2 heterocycles. The molecule has 0 unspecified atom stereocenters. The van der Waals surface area contributed by atoms with E-state index in [1.807, 2.05) is 35.2 Å². The molecule has 1 aromatic carbocycles. The Hall–Kier alpha value is -2.12. The lowest BCUT2D eigenvalue weighted by Crippen LogP contribution is -2.58. The topological polar surface area (TPSA) is 67.3 Å². The van der Waals surface area contributed by atoms with E-state index in [1.165, 1.54) is 0 Å². The first-order valence-electron chi connectivity index (χ1n) is 10.2. The molecule has 7 heteroatoms. The van der Waals surface area contributed by atoms with Crippen molar-refractivity contribution in [3.63, 3.8) is 0 Å². The number of hydrogen-bond donors (Lipinski definition) is 1. The summed E-state index contributed by atoms with van der Waals surface area (Å²) >= 11 is 0. The third-order valence-corrected chi connectivity index (χ3v) is 6.13. The standard InChI is InChI=1S/C21H32N4O3/c1-22-12-14-24(15-13-22)19-10-11-25(16-17(19)8-9-20(26)27)21(28)23(2)18-6-4-3-5-7-18/h3-7,17,19H,8-16H2,1-2H3,(H,26,27)/t17-,19+/m0/s1. The Balaban J connectivity index is 1.67. The van der Waals surface area contributed by atoms with Crippen molar-refractivity contribution in [1.29, 1.82) is 0 Å². The predicted molar refractivity (Wildman–Crippen MR) is 110 cm³/mol. The molecule has 3 rings (SSSR count). The van der Waals surface area contributed by atoms with Gasteiger partial charge in [0.05, 0.1) is 0 Å². The van der Waals surface area contributed by atoms with Crippen LogP contribution in [-0.4, -0.2) is 91.2 Å². The number of carboxylic acid groups (broad SMARTS) is 1. The maximum atomic E-state index is 13.0. The first-order valence-corrected chi connectivity index (χ1v) is 10.2. The minimum Gasteiger partial charge on any atom is -0.481 e. The molecular weight excluding hydrogens is 356 g/mol. The number of anilines is 1. The minimum atomic E-state index is -0.762. The number of rotatable bonds is 5. The summed E-state index contributed by atoms with van der Waals surface area (Å²) in [6, 6.07) is 9.99. The molecule has 154 valence electrons. The second kappa shape index (κ2) is 9.39. The van der Waals surface area contributed by atoms with Gasteiger partial charge in [0, 0.05) is 64.5 Å². The van der Waals surface area contributed by atoms with Gasteiger partial charge in [-0.3, -0.25) is 14.6 Å². The Bertz CT molecular complexity index is 661. The number of para-hydroxylation sites is 1. The van der Waals surface area contributed by atoms with Gasteiger partial charge < -0.3 is 14.9 Å². The van der Waals surface area contributed by atoms with Crippen molar-refractivity contribution in [2.24, 2.45) is 5.92 Å². The van der Waals surface area contributed by atoms with Gasteiger partial charge in [-0.1, -0.05) is 18.2 Å². The van der Waals surface area contributed by atoms with Crippen LogP contribution < -0.4 is 4.90 Å². The van der Waals surface area contributed by atoms with E-state index in [-0.39, 0.29) is 18.4 Å². The van der Waals surface area contributed by atoms with E-state index in [0.717, 1.165) is 44.8 Å². The first kappa shape index (κ1) is 20.6. The molecule has 2 aliphatic rings. The van der Waals surface area contributed by atoms with Gasteiger partial charge in [0.2, 0.25) is 0 Å². The van der Waals surface area contributed by atoms with E-state index < -0.39 is 5.97 Å². The number of piperazine rings is 1. The summed E-state index contributed by atoms with van der Waals surface area (Å²) in [5.41, 5.74) is 0.871. The van der Waals surface area contributed by atoms with Crippen molar-refractivity contribution in [3.8, 4) is 0 Å². The van der Waals surface area contributed by atoms with Crippen LogP contribution in [0.4, 0.5) is 10.5 Å². The number of nitrogens with zero attached hydrogens (tertiary/aromatic N) is 4. The highest BCUT2D eigenvalue weighted by molar-refractivity contribution is 5.91. The lowest BCUT2D eigenvalue weighted by Gasteiger charge is -2.46. The first-order chi connectivity index (χ1) is 13.5. The Morgan fingerprint density at radius 1 is 1.11 bits per heavy atom. The Morgan fingerprint density at radius 2 is 1.79 bits per heavy atom. The van der Waals surface area contributed by atoms with Crippen LogP contribution in [0.15, 0.2) is 30.3 Å². The second-order valence-corrected chi connectivity index (χ2v) is 8.01. The zero-order chi connectivity index (χ0) is 20.1. The van der Waals surface area contributed by atoms with E-state index in [0.29, 0.717) is 19.0 Å². The van der Waals surface area contributed by atoms with E-state index in [1.54, 1.807) is 11.9 Å². The number of aliphatic carboxylic acids is 1. The summed E-state index contributed by atoms with van der Waals surface area (Å²) in [4.78, 5) is 32.6. The van der Waals surface area contributed by atoms with E-state index >= 15 is 0 Å². The second-order valence-electron chi connectivity index (χ2n) is 8.01. The van der Waals surface area contributed by atoms with Crippen LogP contribution in [0, 0.1) is 5.92 Å². The van der Waals surface area contributed by atoms with Gasteiger partial charge >= 0.3 is 12.0 Å². The molecule has 0 radical (unpaired) electrons. The summed E-state index contributed by atoms with van der Waals surface area (Å²) in [5, 5.41) is 9.18. The van der Waals surface area contributed by atoms with Crippen molar-refractivity contribution in [3.05, 3.63) is 30.3 Å². The Labute approximate surface area is 167 Å². The Kier molecular flexibility index (Phi) is 6.91. The average molecular weight is 389 g/mol. The largest absolute Gasteiger partial charge is 0.481 e. The zero-order valence-electron chi connectivity index (χ0n) is 17.0. The van der Waals surface area contributed by atoms with Gasteiger partial charge in [0.15, 0.2) is 0 Å². The van der Waals surface area contributed by atoms with Crippen LogP contribution in [-0.2, 0) is 4.79 Å². The summed E-state index contributed by atoms with van der Waals surface area (Å²) in [7, 11) is 3.94. The van der Waals surface area contributed by atoms with Crippen molar-refractivity contribution in [1.82, 2.24) is 14.7 Å². The smallest absolute Gasteiger partial charge is 0.324 e. The van der Waals surface area contributed by atoms with E-state index in [2.05, 4.69) is 16.8 Å². The van der Waals surface area contributed by atoms with Crippen LogP contribution in [0.3, 0.4) is 0 Å². The fraction of sp³-hybridized carbons (Fsp3) is 0.619. The lowest BCUT2D eigenvalue weighted by atomic mass is 9.86. The van der Waals surface area contributed by atoms with Gasteiger partial charge in [0.25, 0.3) is 0 Å². The fourth-order valence-corrected chi connectivity index (χ4v) is 4.39. The van der Waals surface area contributed by atoms with Crippen molar-refractivity contribution in [2.75, 3.05) is 58.3 Å². The van der Waals surface area contributed by atoms with Gasteiger partial charge in [-0.05, 0) is 37.9 Å². The van der Waals surface area contributed by atoms with Crippen LogP contribution in [0.25, 0.3) is 0 Å². The van der Waals surface area contributed by atoms with Crippen molar-refractivity contribution < 1.29 is 14.7 Å².